The molecule has 0 fully saturated rings. The Morgan fingerprint density at radius 1 is 1.12 bits per heavy atom. The van der Waals surface area contributed by atoms with Crippen molar-refractivity contribution in [2.24, 2.45) is 5.10 Å². The Labute approximate surface area is 108 Å². The second kappa shape index (κ2) is 5.60. The van der Waals surface area contributed by atoms with Crippen LogP contribution in [0.1, 0.15) is 5.69 Å². The molecule has 1 heterocycles. The molecule has 0 saturated carbocycles. The highest BCUT2D eigenvalue weighted by atomic mass is 127. The van der Waals surface area contributed by atoms with Crippen LogP contribution in [0.2, 0.25) is 0 Å². The van der Waals surface area contributed by atoms with Crippen LogP contribution in [0.3, 0.4) is 0 Å². The van der Waals surface area contributed by atoms with Gasteiger partial charge in [-0.15, -0.1) is 0 Å². The van der Waals surface area contributed by atoms with Gasteiger partial charge in [-0.2, -0.15) is 5.10 Å². The molecule has 1 aromatic heterocycles. The van der Waals surface area contributed by atoms with Gasteiger partial charge >= 0.3 is 0 Å². The molecule has 3 nitrogen and oxygen atoms in total. The molecule has 2 rings (SSSR count). The summed E-state index contributed by atoms with van der Waals surface area (Å²) in [6, 6.07) is 13.7. The monoisotopic (exact) mass is 323 g/mol. The number of benzene rings is 1. The highest BCUT2D eigenvalue weighted by Crippen LogP contribution is 2.10. The van der Waals surface area contributed by atoms with Gasteiger partial charge in [-0.3, -0.25) is 10.4 Å². The van der Waals surface area contributed by atoms with E-state index in [1.165, 1.54) is 3.57 Å². The van der Waals surface area contributed by atoms with Gasteiger partial charge in [0.15, 0.2) is 0 Å². The molecule has 0 atom stereocenters. The van der Waals surface area contributed by atoms with Crippen molar-refractivity contribution in [1.29, 1.82) is 0 Å². The lowest BCUT2D eigenvalue weighted by Crippen LogP contribution is -1.91. The van der Waals surface area contributed by atoms with Crippen molar-refractivity contribution >= 4 is 34.5 Å². The third-order valence-electron chi connectivity index (χ3n) is 1.92. The normalized spacial score (nSPS) is 10.6. The number of nitrogens with one attached hydrogen (secondary N) is 1. The molecule has 80 valence electrons. The van der Waals surface area contributed by atoms with Gasteiger partial charge in [0.05, 0.1) is 17.6 Å². The van der Waals surface area contributed by atoms with E-state index in [1.54, 1.807) is 12.4 Å². The molecule has 16 heavy (non-hydrogen) atoms. The molecule has 0 radical (unpaired) electrons. The number of hydrazone groups is 1. The number of aromatic nitrogens is 1. The third kappa shape index (κ3) is 3.30. The lowest BCUT2D eigenvalue weighted by atomic mass is 10.3. The molecular formula is C12H10IN3. The van der Waals surface area contributed by atoms with E-state index in [0.29, 0.717) is 0 Å². The number of halogens is 1. The average Bonchev–Trinajstić information content (AvgIpc) is 2.33. The SMILES string of the molecule is Ic1ccc(N/N=C/c2ccccn2)cc1. The molecule has 0 amide bonds. The van der Waals surface area contributed by atoms with Crippen LogP contribution in [0, 0.1) is 3.57 Å². The smallest absolute Gasteiger partial charge is 0.0830 e. The number of hydrogen-bond acceptors (Lipinski definition) is 3. The zero-order valence-corrected chi connectivity index (χ0v) is 10.6. The van der Waals surface area contributed by atoms with E-state index in [-0.39, 0.29) is 0 Å². The predicted molar refractivity (Wildman–Crippen MR) is 74.6 cm³/mol. The van der Waals surface area contributed by atoms with Crippen molar-refractivity contribution in [2.75, 3.05) is 5.43 Å². The Hall–Kier alpha value is -1.43. The number of hydrogen-bond donors (Lipinski definition) is 1. The van der Waals surface area contributed by atoms with Gasteiger partial charge in [0, 0.05) is 9.77 Å². The minimum atomic E-state index is 0.834. The van der Waals surface area contributed by atoms with Gasteiger partial charge in [0.25, 0.3) is 0 Å². The second-order valence-electron chi connectivity index (χ2n) is 3.13. The summed E-state index contributed by atoms with van der Waals surface area (Å²) in [6.07, 6.45) is 3.43. The van der Waals surface area contributed by atoms with Crippen LogP contribution >= 0.6 is 22.6 Å². The Morgan fingerprint density at radius 3 is 2.62 bits per heavy atom. The van der Waals surface area contributed by atoms with Crippen molar-refractivity contribution in [3.63, 3.8) is 0 Å². The van der Waals surface area contributed by atoms with E-state index >= 15 is 0 Å². The van der Waals surface area contributed by atoms with Gasteiger partial charge in [0.1, 0.15) is 0 Å². The van der Waals surface area contributed by atoms with Crippen molar-refractivity contribution in [1.82, 2.24) is 4.98 Å². The molecule has 0 aliphatic heterocycles. The van der Waals surface area contributed by atoms with Gasteiger partial charge < -0.3 is 0 Å². The highest BCUT2D eigenvalue weighted by molar-refractivity contribution is 14.1. The number of rotatable bonds is 3. The molecule has 4 heteroatoms. The molecule has 1 N–H and O–H groups in total. The Morgan fingerprint density at radius 2 is 1.94 bits per heavy atom. The molecule has 1 aromatic carbocycles. The fourth-order valence-electron chi connectivity index (χ4n) is 1.15. The van der Waals surface area contributed by atoms with Crippen LogP contribution in [0.5, 0.6) is 0 Å². The first-order chi connectivity index (χ1) is 7.84. The van der Waals surface area contributed by atoms with Crippen LogP contribution in [-0.4, -0.2) is 11.2 Å². The summed E-state index contributed by atoms with van der Waals surface area (Å²) in [5.41, 5.74) is 4.75. The van der Waals surface area contributed by atoms with Crippen LogP contribution in [0.15, 0.2) is 53.8 Å². The van der Waals surface area contributed by atoms with Crippen LogP contribution in [0.4, 0.5) is 5.69 Å². The maximum Gasteiger partial charge on any atom is 0.0830 e. The maximum atomic E-state index is 4.13. The quantitative estimate of drug-likeness (QED) is 0.535. The Kier molecular flexibility index (Phi) is 3.87. The molecular weight excluding hydrogens is 313 g/mol. The van der Waals surface area contributed by atoms with Crippen LogP contribution < -0.4 is 5.43 Å². The van der Waals surface area contributed by atoms with E-state index in [1.807, 2.05) is 42.5 Å². The minimum absolute atomic E-state index is 0.834. The summed E-state index contributed by atoms with van der Waals surface area (Å²) in [6.45, 7) is 0. The standard InChI is InChI=1S/C12H10IN3/c13-10-4-6-11(7-5-10)16-15-9-12-3-1-2-8-14-12/h1-9,16H/b15-9+. The number of pyridine rings is 1. The maximum absolute atomic E-state index is 4.13. The highest BCUT2D eigenvalue weighted by Gasteiger charge is 1.89. The van der Waals surface area contributed by atoms with Crippen molar-refractivity contribution in [3.8, 4) is 0 Å². The van der Waals surface area contributed by atoms with Crippen molar-refractivity contribution in [3.05, 3.63) is 57.9 Å². The fourth-order valence-corrected chi connectivity index (χ4v) is 1.51. The van der Waals surface area contributed by atoms with Crippen molar-refractivity contribution < 1.29 is 0 Å². The van der Waals surface area contributed by atoms with E-state index in [4.69, 9.17) is 0 Å². The number of anilines is 1. The van der Waals surface area contributed by atoms with E-state index < -0.39 is 0 Å². The summed E-state index contributed by atoms with van der Waals surface area (Å²) < 4.78 is 1.21. The predicted octanol–water partition coefficient (Wildman–Crippen LogP) is 3.13. The first-order valence-electron chi connectivity index (χ1n) is 4.80. The zero-order chi connectivity index (χ0) is 11.2. The van der Waals surface area contributed by atoms with Crippen LogP contribution in [0.25, 0.3) is 0 Å². The number of nitrogens with zero attached hydrogens (tertiary/aromatic N) is 2. The summed E-state index contributed by atoms with van der Waals surface area (Å²) in [5.74, 6) is 0. The van der Waals surface area contributed by atoms with Gasteiger partial charge in [-0.25, -0.2) is 0 Å². The fraction of sp³-hybridized carbons (Fsp3) is 0. The first-order valence-corrected chi connectivity index (χ1v) is 5.88. The van der Waals surface area contributed by atoms with E-state index in [2.05, 4.69) is 38.1 Å². The molecule has 0 aliphatic rings. The second-order valence-corrected chi connectivity index (χ2v) is 4.38. The van der Waals surface area contributed by atoms with Gasteiger partial charge in [-0.05, 0) is 59.0 Å². The molecule has 2 aromatic rings. The topological polar surface area (TPSA) is 37.3 Å². The molecule has 0 bridgehead atoms. The Bertz CT molecular complexity index is 465. The summed E-state index contributed by atoms with van der Waals surface area (Å²) >= 11 is 2.27. The minimum Gasteiger partial charge on any atom is -0.278 e. The van der Waals surface area contributed by atoms with E-state index in [9.17, 15) is 0 Å². The first kappa shape index (κ1) is 11.1. The molecule has 0 unspecified atom stereocenters. The third-order valence-corrected chi connectivity index (χ3v) is 2.64. The van der Waals surface area contributed by atoms with Gasteiger partial charge in [0.2, 0.25) is 0 Å². The molecule has 0 spiro atoms. The van der Waals surface area contributed by atoms with E-state index in [0.717, 1.165) is 11.4 Å². The summed E-state index contributed by atoms with van der Waals surface area (Å²) in [4.78, 5) is 4.13. The van der Waals surface area contributed by atoms with Crippen molar-refractivity contribution in [2.45, 2.75) is 0 Å². The summed E-state index contributed by atoms with van der Waals surface area (Å²) in [5, 5.41) is 4.10. The van der Waals surface area contributed by atoms with Crippen LogP contribution in [-0.2, 0) is 0 Å². The Balaban J connectivity index is 1.97. The lowest BCUT2D eigenvalue weighted by molar-refractivity contribution is 1.28. The summed E-state index contributed by atoms with van der Waals surface area (Å²) in [7, 11) is 0. The largest absolute Gasteiger partial charge is 0.278 e. The average molecular weight is 323 g/mol. The molecule has 0 aliphatic carbocycles. The van der Waals surface area contributed by atoms with Gasteiger partial charge in [-0.1, -0.05) is 6.07 Å². The zero-order valence-electron chi connectivity index (χ0n) is 8.47. The molecule has 0 saturated heterocycles. The lowest BCUT2D eigenvalue weighted by Gasteiger charge is -1.99.